The molecule has 0 radical (unpaired) electrons. The van der Waals surface area contributed by atoms with Crippen molar-refractivity contribution in [1.82, 2.24) is 0 Å². The van der Waals surface area contributed by atoms with Gasteiger partial charge in [0.05, 0.1) is 11.7 Å². The van der Waals surface area contributed by atoms with Crippen LogP contribution in [0.15, 0.2) is 83.5 Å². The fourth-order valence-electron chi connectivity index (χ4n) is 2.56. The Bertz CT molecular complexity index is 584. The summed E-state index contributed by atoms with van der Waals surface area (Å²) in [6, 6.07) is 24.9. The van der Waals surface area contributed by atoms with Crippen LogP contribution in [0.4, 0.5) is 0 Å². The lowest BCUT2D eigenvalue weighted by Crippen LogP contribution is -2.24. The lowest BCUT2D eigenvalue weighted by molar-refractivity contribution is 0.447. The van der Waals surface area contributed by atoms with Crippen LogP contribution in [0.25, 0.3) is 0 Å². The van der Waals surface area contributed by atoms with E-state index in [0.717, 1.165) is 5.76 Å². The molecule has 0 N–H and O–H groups in total. The zero-order valence-corrected chi connectivity index (χ0v) is 10.9. The first-order valence-electron chi connectivity index (χ1n) is 6.47. The highest BCUT2D eigenvalue weighted by Crippen LogP contribution is 2.38. The van der Waals surface area contributed by atoms with Gasteiger partial charge in [0.1, 0.15) is 5.76 Å². The van der Waals surface area contributed by atoms with E-state index in [0.29, 0.717) is 0 Å². The van der Waals surface area contributed by atoms with Crippen LogP contribution in [0.1, 0.15) is 23.8 Å². The van der Waals surface area contributed by atoms with Gasteiger partial charge in [0.2, 0.25) is 0 Å². The number of rotatable bonds is 3. The summed E-state index contributed by atoms with van der Waals surface area (Å²) in [6.07, 6.45) is 1.74. The number of benzene rings is 2. The molecule has 0 aliphatic carbocycles. The van der Waals surface area contributed by atoms with E-state index in [1.807, 2.05) is 24.3 Å². The van der Waals surface area contributed by atoms with E-state index < -0.39 is 0 Å². The molecule has 0 atom stereocenters. The van der Waals surface area contributed by atoms with Crippen LogP contribution >= 0.6 is 0 Å². The minimum Gasteiger partial charge on any atom is -0.468 e. The van der Waals surface area contributed by atoms with Crippen molar-refractivity contribution in [2.75, 3.05) is 0 Å². The highest BCUT2D eigenvalue weighted by molar-refractivity contribution is 5.45. The van der Waals surface area contributed by atoms with Crippen LogP contribution in [-0.4, -0.2) is 0 Å². The second-order valence-corrected chi connectivity index (χ2v) is 4.83. The molecule has 0 amide bonds. The van der Waals surface area contributed by atoms with E-state index in [2.05, 4.69) is 55.5 Å². The second kappa shape index (κ2) is 4.77. The number of furan rings is 1. The Labute approximate surface area is 113 Å². The minimum atomic E-state index is -0.258. The van der Waals surface area contributed by atoms with E-state index >= 15 is 0 Å². The third kappa shape index (κ3) is 1.97. The molecule has 0 fully saturated rings. The molecule has 19 heavy (non-hydrogen) atoms. The highest BCUT2D eigenvalue weighted by atomic mass is 16.3. The fraction of sp³-hybridized carbons (Fsp3) is 0.111. The Morgan fingerprint density at radius 3 is 1.63 bits per heavy atom. The van der Waals surface area contributed by atoms with Crippen LogP contribution in [-0.2, 0) is 5.41 Å². The van der Waals surface area contributed by atoms with Crippen molar-refractivity contribution in [3.05, 3.63) is 95.9 Å². The summed E-state index contributed by atoms with van der Waals surface area (Å²) >= 11 is 0. The van der Waals surface area contributed by atoms with Crippen LogP contribution in [0, 0.1) is 0 Å². The van der Waals surface area contributed by atoms with Crippen molar-refractivity contribution >= 4 is 0 Å². The molecule has 0 saturated carbocycles. The largest absolute Gasteiger partial charge is 0.468 e. The Balaban J connectivity index is 2.23. The Morgan fingerprint density at radius 1 is 0.684 bits per heavy atom. The van der Waals surface area contributed by atoms with Gasteiger partial charge in [-0.3, -0.25) is 0 Å². The molecule has 0 unspecified atom stereocenters. The van der Waals surface area contributed by atoms with Crippen LogP contribution in [0.5, 0.6) is 0 Å². The quantitative estimate of drug-likeness (QED) is 0.658. The third-order valence-corrected chi connectivity index (χ3v) is 3.72. The standard InChI is InChI=1S/C18H16O/c1-18(17-13-8-14-19-17,15-9-4-2-5-10-15)16-11-6-3-7-12-16/h2-14H,1H3. The lowest BCUT2D eigenvalue weighted by atomic mass is 9.74. The smallest absolute Gasteiger partial charge is 0.118 e. The molecule has 1 nitrogen and oxygen atoms in total. The molecular formula is C18H16O. The summed E-state index contributed by atoms with van der Waals surface area (Å²) in [6.45, 7) is 2.20. The average Bonchev–Trinajstić information content (AvgIpc) is 3.03. The molecule has 0 aliphatic rings. The molecule has 1 heteroatoms. The van der Waals surface area contributed by atoms with Crippen molar-refractivity contribution in [3.8, 4) is 0 Å². The van der Waals surface area contributed by atoms with Crippen LogP contribution in [0.2, 0.25) is 0 Å². The molecule has 0 bridgehead atoms. The van der Waals surface area contributed by atoms with Gasteiger partial charge in [-0.1, -0.05) is 60.7 Å². The maximum absolute atomic E-state index is 5.71. The Kier molecular flexibility index (Phi) is 2.96. The molecule has 1 aromatic heterocycles. The maximum Gasteiger partial charge on any atom is 0.118 e. The fourth-order valence-corrected chi connectivity index (χ4v) is 2.56. The second-order valence-electron chi connectivity index (χ2n) is 4.83. The zero-order chi connectivity index (χ0) is 13.1. The van der Waals surface area contributed by atoms with Gasteiger partial charge in [-0.15, -0.1) is 0 Å². The summed E-state index contributed by atoms with van der Waals surface area (Å²) in [7, 11) is 0. The maximum atomic E-state index is 5.71. The number of hydrogen-bond acceptors (Lipinski definition) is 1. The monoisotopic (exact) mass is 248 g/mol. The average molecular weight is 248 g/mol. The normalized spacial score (nSPS) is 11.4. The SMILES string of the molecule is CC(c1ccccc1)(c1ccccc1)c1ccco1. The summed E-state index contributed by atoms with van der Waals surface area (Å²) < 4.78 is 5.71. The summed E-state index contributed by atoms with van der Waals surface area (Å²) in [5, 5.41) is 0. The molecular weight excluding hydrogens is 232 g/mol. The Hall–Kier alpha value is -2.28. The van der Waals surface area contributed by atoms with Crippen molar-refractivity contribution in [2.45, 2.75) is 12.3 Å². The van der Waals surface area contributed by atoms with Crippen LogP contribution < -0.4 is 0 Å². The van der Waals surface area contributed by atoms with Gasteiger partial charge in [-0.2, -0.15) is 0 Å². The predicted octanol–water partition coefficient (Wildman–Crippen LogP) is 4.63. The molecule has 0 saturated heterocycles. The van der Waals surface area contributed by atoms with E-state index in [4.69, 9.17) is 4.42 Å². The molecule has 94 valence electrons. The third-order valence-electron chi connectivity index (χ3n) is 3.72. The lowest BCUT2D eigenvalue weighted by Gasteiger charge is -2.28. The molecule has 2 aromatic carbocycles. The summed E-state index contributed by atoms with van der Waals surface area (Å²) in [5.41, 5.74) is 2.21. The topological polar surface area (TPSA) is 13.1 Å². The van der Waals surface area contributed by atoms with Gasteiger partial charge in [-0.25, -0.2) is 0 Å². The van der Waals surface area contributed by atoms with E-state index in [9.17, 15) is 0 Å². The van der Waals surface area contributed by atoms with Gasteiger partial charge < -0.3 is 4.42 Å². The molecule has 0 spiro atoms. The van der Waals surface area contributed by atoms with Gasteiger partial charge in [-0.05, 0) is 30.2 Å². The van der Waals surface area contributed by atoms with Crippen molar-refractivity contribution in [3.63, 3.8) is 0 Å². The number of hydrogen-bond donors (Lipinski definition) is 0. The highest BCUT2D eigenvalue weighted by Gasteiger charge is 2.33. The first kappa shape index (κ1) is 11.8. The van der Waals surface area contributed by atoms with Crippen molar-refractivity contribution < 1.29 is 4.42 Å². The Morgan fingerprint density at radius 2 is 1.21 bits per heavy atom. The minimum absolute atomic E-state index is 0.258. The summed E-state index contributed by atoms with van der Waals surface area (Å²) in [5.74, 6) is 0.963. The van der Waals surface area contributed by atoms with Gasteiger partial charge in [0, 0.05) is 0 Å². The van der Waals surface area contributed by atoms with Gasteiger partial charge in [0.25, 0.3) is 0 Å². The van der Waals surface area contributed by atoms with Gasteiger partial charge >= 0.3 is 0 Å². The van der Waals surface area contributed by atoms with Crippen molar-refractivity contribution in [1.29, 1.82) is 0 Å². The molecule has 0 aliphatic heterocycles. The molecule has 3 rings (SSSR count). The molecule has 1 heterocycles. The van der Waals surface area contributed by atoms with Gasteiger partial charge in [0.15, 0.2) is 0 Å². The van der Waals surface area contributed by atoms with E-state index in [1.54, 1.807) is 6.26 Å². The first-order chi connectivity index (χ1) is 9.32. The first-order valence-corrected chi connectivity index (χ1v) is 6.47. The summed E-state index contributed by atoms with van der Waals surface area (Å²) in [4.78, 5) is 0. The van der Waals surface area contributed by atoms with E-state index in [1.165, 1.54) is 11.1 Å². The van der Waals surface area contributed by atoms with Crippen LogP contribution in [0.3, 0.4) is 0 Å². The predicted molar refractivity (Wildman–Crippen MR) is 77.1 cm³/mol. The molecule has 3 aromatic rings. The zero-order valence-electron chi connectivity index (χ0n) is 10.9. The van der Waals surface area contributed by atoms with E-state index in [-0.39, 0.29) is 5.41 Å². The van der Waals surface area contributed by atoms with Crippen molar-refractivity contribution in [2.24, 2.45) is 0 Å².